The van der Waals surface area contributed by atoms with Gasteiger partial charge in [-0.3, -0.25) is 9.89 Å². The Morgan fingerprint density at radius 2 is 1.83 bits per heavy atom. The second-order valence-corrected chi connectivity index (χ2v) is 9.77. The van der Waals surface area contributed by atoms with Gasteiger partial charge >= 0.3 is 0 Å². The lowest BCUT2D eigenvalue weighted by molar-refractivity contribution is 0.166. The summed E-state index contributed by atoms with van der Waals surface area (Å²) in [4.78, 5) is 11.9. The lowest BCUT2D eigenvalue weighted by Gasteiger charge is -2.35. The fourth-order valence-electron chi connectivity index (χ4n) is 4.40. The van der Waals surface area contributed by atoms with Crippen LogP contribution in [0.5, 0.6) is 0 Å². The summed E-state index contributed by atoms with van der Waals surface area (Å²) in [6.07, 6.45) is 7.47. The molecule has 6 nitrogen and oxygen atoms in total. The largest absolute Gasteiger partial charge is 0.444 e. The van der Waals surface area contributed by atoms with E-state index in [0.29, 0.717) is 17.4 Å². The SMILES string of the molecule is CCNC(=NCC1CCN(Cc2nc(C)c(C)o2)CC1)NC1CCC(C)(C)CC1.I. The van der Waals surface area contributed by atoms with Gasteiger partial charge in [0.25, 0.3) is 0 Å². The minimum absolute atomic E-state index is 0. The molecule has 2 fully saturated rings. The molecule has 0 unspecified atom stereocenters. The second kappa shape index (κ2) is 11.7. The highest BCUT2D eigenvalue weighted by Gasteiger charge is 2.27. The third-order valence-electron chi connectivity index (χ3n) is 6.67. The number of oxazole rings is 1. The Kier molecular flexibility index (Phi) is 9.91. The maximum Gasteiger partial charge on any atom is 0.208 e. The summed E-state index contributed by atoms with van der Waals surface area (Å²) in [6.45, 7) is 15.8. The highest BCUT2D eigenvalue weighted by atomic mass is 127. The van der Waals surface area contributed by atoms with Crippen LogP contribution in [0.3, 0.4) is 0 Å². The van der Waals surface area contributed by atoms with Crippen molar-refractivity contribution in [1.82, 2.24) is 20.5 Å². The first-order valence-corrected chi connectivity index (χ1v) is 11.5. The van der Waals surface area contributed by atoms with E-state index in [-0.39, 0.29) is 24.0 Å². The van der Waals surface area contributed by atoms with Crippen molar-refractivity contribution in [1.29, 1.82) is 0 Å². The molecule has 0 spiro atoms. The molecule has 1 aromatic heterocycles. The first kappa shape index (κ1) is 25.4. The number of aromatic nitrogens is 1. The summed E-state index contributed by atoms with van der Waals surface area (Å²) in [7, 11) is 0. The van der Waals surface area contributed by atoms with E-state index >= 15 is 0 Å². The molecule has 172 valence electrons. The zero-order valence-corrected chi connectivity index (χ0v) is 21.9. The molecule has 1 aromatic rings. The molecular weight excluding hydrogens is 489 g/mol. The van der Waals surface area contributed by atoms with Gasteiger partial charge < -0.3 is 15.1 Å². The lowest BCUT2D eigenvalue weighted by atomic mass is 9.75. The molecule has 0 bridgehead atoms. The van der Waals surface area contributed by atoms with Crippen molar-refractivity contribution in [3.8, 4) is 0 Å². The molecule has 1 aliphatic heterocycles. The number of nitrogens with one attached hydrogen (secondary N) is 2. The van der Waals surface area contributed by atoms with Gasteiger partial charge in [-0.05, 0) is 83.7 Å². The zero-order valence-electron chi connectivity index (χ0n) is 19.6. The normalized spacial score (nSPS) is 21.3. The highest BCUT2D eigenvalue weighted by molar-refractivity contribution is 14.0. The van der Waals surface area contributed by atoms with E-state index in [2.05, 4.69) is 41.3 Å². The van der Waals surface area contributed by atoms with E-state index in [1.54, 1.807) is 0 Å². The molecule has 3 rings (SSSR count). The monoisotopic (exact) mass is 531 g/mol. The van der Waals surface area contributed by atoms with E-state index in [1.165, 1.54) is 38.5 Å². The molecule has 0 atom stereocenters. The van der Waals surface area contributed by atoms with Crippen molar-refractivity contribution in [3.05, 3.63) is 17.3 Å². The number of halogens is 1. The van der Waals surface area contributed by atoms with Crippen LogP contribution >= 0.6 is 24.0 Å². The summed E-state index contributed by atoms with van der Waals surface area (Å²) in [6, 6.07) is 0.565. The molecule has 2 N–H and O–H groups in total. The van der Waals surface area contributed by atoms with E-state index in [1.807, 2.05) is 13.8 Å². The molecule has 7 heteroatoms. The Labute approximate surface area is 200 Å². The van der Waals surface area contributed by atoms with Crippen LogP contribution in [-0.4, -0.2) is 48.1 Å². The van der Waals surface area contributed by atoms with E-state index in [4.69, 9.17) is 9.41 Å². The van der Waals surface area contributed by atoms with Gasteiger partial charge in [0.05, 0.1) is 12.2 Å². The standard InChI is InChI=1S/C23H41N5O.HI/c1-6-24-22(27-20-7-11-23(4,5)12-8-20)25-15-19-9-13-28(14-10-19)16-21-26-17(2)18(3)29-21;/h19-20H,6-16H2,1-5H3,(H2,24,25,27);1H. The van der Waals surface area contributed by atoms with Crippen LogP contribution in [-0.2, 0) is 6.54 Å². The van der Waals surface area contributed by atoms with Crippen LogP contribution in [0.1, 0.15) is 76.6 Å². The summed E-state index contributed by atoms with van der Waals surface area (Å²) >= 11 is 0. The van der Waals surface area contributed by atoms with E-state index in [0.717, 1.165) is 56.0 Å². The number of piperidine rings is 1. The van der Waals surface area contributed by atoms with Gasteiger partial charge in [0.15, 0.2) is 5.96 Å². The Bertz CT molecular complexity index is 650. The van der Waals surface area contributed by atoms with Crippen LogP contribution in [0.25, 0.3) is 0 Å². The molecule has 0 amide bonds. The molecule has 1 saturated carbocycles. The van der Waals surface area contributed by atoms with Crippen LogP contribution in [0.15, 0.2) is 9.41 Å². The van der Waals surface area contributed by atoms with Crippen LogP contribution in [0, 0.1) is 25.2 Å². The number of aryl methyl sites for hydroxylation is 2. The van der Waals surface area contributed by atoms with Gasteiger partial charge in [-0.2, -0.15) is 0 Å². The molecule has 30 heavy (non-hydrogen) atoms. The van der Waals surface area contributed by atoms with Gasteiger partial charge in [-0.25, -0.2) is 4.98 Å². The molecule has 1 saturated heterocycles. The Morgan fingerprint density at radius 1 is 1.17 bits per heavy atom. The molecular formula is C23H42IN5O. The Hall–Kier alpha value is -0.830. The Balaban J connectivity index is 0.00000320. The molecule has 2 heterocycles. The summed E-state index contributed by atoms with van der Waals surface area (Å²) in [5, 5.41) is 7.14. The number of hydrogen-bond donors (Lipinski definition) is 2. The predicted molar refractivity (Wildman–Crippen MR) is 135 cm³/mol. The van der Waals surface area contributed by atoms with Gasteiger partial charge in [0.1, 0.15) is 5.76 Å². The number of hydrogen-bond acceptors (Lipinski definition) is 4. The molecule has 2 aliphatic rings. The second-order valence-electron chi connectivity index (χ2n) is 9.77. The minimum Gasteiger partial charge on any atom is -0.444 e. The molecule has 0 aromatic carbocycles. The third-order valence-corrected chi connectivity index (χ3v) is 6.67. The summed E-state index contributed by atoms with van der Waals surface area (Å²) in [5.74, 6) is 3.46. The van der Waals surface area contributed by atoms with Crippen LogP contribution < -0.4 is 10.6 Å². The average Bonchev–Trinajstić information content (AvgIpc) is 3.00. The van der Waals surface area contributed by atoms with Gasteiger partial charge in [0, 0.05) is 19.1 Å². The first-order chi connectivity index (χ1) is 13.8. The van der Waals surface area contributed by atoms with Crippen LogP contribution in [0.4, 0.5) is 0 Å². The van der Waals surface area contributed by atoms with Crippen molar-refractivity contribution in [2.45, 2.75) is 85.7 Å². The summed E-state index contributed by atoms with van der Waals surface area (Å²) < 4.78 is 5.74. The van der Waals surface area contributed by atoms with E-state index in [9.17, 15) is 0 Å². The Morgan fingerprint density at radius 3 is 2.40 bits per heavy atom. The maximum atomic E-state index is 5.74. The first-order valence-electron chi connectivity index (χ1n) is 11.5. The average molecular weight is 532 g/mol. The predicted octanol–water partition coefficient (Wildman–Crippen LogP) is 4.65. The lowest BCUT2D eigenvalue weighted by Crippen LogP contribution is -2.46. The smallest absolute Gasteiger partial charge is 0.208 e. The topological polar surface area (TPSA) is 65.7 Å². The molecule has 1 aliphatic carbocycles. The van der Waals surface area contributed by atoms with Crippen molar-refractivity contribution in [2.24, 2.45) is 16.3 Å². The highest BCUT2D eigenvalue weighted by Crippen LogP contribution is 2.35. The number of nitrogens with zero attached hydrogens (tertiary/aromatic N) is 3. The number of aliphatic imine (C=N–C) groups is 1. The number of guanidine groups is 1. The quantitative estimate of drug-likeness (QED) is 0.318. The van der Waals surface area contributed by atoms with Gasteiger partial charge in [-0.1, -0.05) is 13.8 Å². The number of rotatable bonds is 6. The van der Waals surface area contributed by atoms with Gasteiger partial charge in [-0.15, -0.1) is 24.0 Å². The fourth-order valence-corrected chi connectivity index (χ4v) is 4.40. The minimum atomic E-state index is 0. The van der Waals surface area contributed by atoms with Crippen molar-refractivity contribution in [2.75, 3.05) is 26.2 Å². The zero-order chi connectivity index (χ0) is 20.9. The third kappa shape index (κ3) is 7.70. The van der Waals surface area contributed by atoms with E-state index < -0.39 is 0 Å². The van der Waals surface area contributed by atoms with Crippen molar-refractivity contribution >= 4 is 29.9 Å². The maximum absolute atomic E-state index is 5.74. The van der Waals surface area contributed by atoms with Gasteiger partial charge in [0.2, 0.25) is 5.89 Å². The fraction of sp³-hybridized carbons (Fsp3) is 0.826. The van der Waals surface area contributed by atoms with Crippen molar-refractivity contribution in [3.63, 3.8) is 0 Å². The van der Waals surface area contributed by atoms with Crippen molar-refractivity contribution < 1.29 is 4.42 Å². The summed E-state index contributed by atoms with van der Waals surface area (Å²) in [5.41, 5.74) is 1.51. The number of likely N-dealkylation sites (tertiary alicyclic amines) is 1. The molecule has 0 radical (unpaired) electrons. The van der Waals surface area contributed by atoms with Crippen LogP contribution in [0.2, 0.25) is 0 Å².